The van der Waals surface area contributed by atoms with Gasteiger partial charge in [0.2, 0.25) is 5.95 Å². The molecule has 5 nitrogen and oxygen atoms in total. The van der Waals surface area contributed by atoms with Crippen LogP contribution in [0.25, 0.3) is 0 Å². The standard InChI is InChI=1S/C14H18N4O/c1-9(2)13-16-12(17-14(15)18-13)8-10-4-6-11(19-3)7-5-10/h4-7,9H,8H2,1-3H3,(H2,15,16,17,18). The van der Waals surface area contributed by atoms with Crippen LogP contribution >= 0.6 is 0 Å². The highest BCUT2D eigenvalue weighted by Gasteiger charge is 2.08. The molecule has 0 aliphatic carbocycles. The Morgan fingerprint density at radius 1 is 1.11 bits per heavy atom. The van der Waals surface area contributed by atoms with Gasteiger partial charge in [0.1, 0.15) is 17.4 Å². The van der Waals surface area contributed by atoms with Crippen molar-refractivity contribution in [3.05, 3.63) is 41.5 Å². The molecule has 100 valence electrons. The number of nitrogen functional groups attached to an aromatic ring is 1. The molecule has 0 atom stereocenters. The second-order valence-corrected chi connectivity index (χ2v) is 4.65. The van der Waals surface area contributed by atoms with Crippen molar-refractivity contribution in [1.29, 1.82) is 0 Å². The lowest BCUT2D eigenvalue weighted by atomic mass is 10.1. The van der Waals surface area contributed by atoms with E-state index in [4.69, 9.17) is 10.5 Å². The summed E-state index contributed by atoms with van der Waals surface area (Å²) in [5.41, 5.74) is 6.83. The van der Waals surface area contributed by atoms with E-state index in [0.29, 0.717) is 12.2 Å². The van der Waals surface area contributed by atoms with E-state index in [1.165, 1.54) is 0 Å². The van der Waals surface area contributed by atoms with E-state index in [-0.39, 0.29) is 11.9 Å². The van der Waals surface area contributed by atoms with Gasteiger partial charge in [0.25, 0.3) is 0 Å². The van der Waals surface area contributed by atoms with Gasteiger partial charge in [0.05, 0.1) is 7.11 Å². The molecule has 0 unspecified atom stereocenters. The van der Waals surface area contributed by atoms with Gasteiger partial charge in [-0.2, -0.15) is 9.97 Å². The van der Waals surface area contributed by atoms with Crippen molar-refractivity contribution in [1.82, 2.24) is 15.0 Å². The molecule has 2 aromatic rings. The van der Waals surface area contributed by atoms with Gasteiger partial charge in [-0.05, 0) is 17.7 Å². The molecule has 2 N–H and O–H groups in total. The lowest BCUT2D eigenvalue weighted by Gasteiger charge is -2.07. The Labute approximate surface area is 112 Å². The number of nitrogens with zero attached hydrogens (tertiary/aromatic N) is 3. The smallest absolute Gasteiger partial charge is 0.223 e. The fourth-order valence-corrected chi connectivity index (χ4v) is 1.72. The highest BCUT2D eigenvalue weighted by atomic mass is 16.5. The van der Waals surface area contributed by atoms with Crippen molar-refractivity contribution in [3.63, 3.8) is 0 Å². The van der Waals surface area contributed by atoms with Crippen molar-refractivity contribution >= 4 is 5.95 Å². The summed E-state index contributed by atoms with van der Waals surface area (Å²) in [7, 11) is 1.65. The predicted octanol–water partition coefficient (Wildman–Crippen LogP) is 2.18. The topological polar surface area (TPSA) is 73.9 Å². The Morgan fingerprint density at radius 2 is 1.79 bits per heavy atom. The van der Waals surface area contributed by atoms with E-state index < -0.39 is 0 Å². The van der Waals surface area contributed by atoms with Crippen LogP contribution in [0.5, 0.6) is 5.75 Å². The summed E-state index contributed by atoms with van der Waals surface area (Å²) in [6.45, 7) is 4.07. The van der Waals surface area contributed by atoms with Gasteiger partial charge in [0, 0.05) is 12.3 Å². The number of benzene rings is 1. The van der Waals surface area contributed by atoms with Gasteiger partial charge in [-0.3, -0.25) is 0 Å². The van der Waals surface area contributed by atoms with Crippen molar-refractivity contribution in [2.45, 2.75) is 26.2 Å². The molecular weight excluding hydrogens is 240 g/mol. The summed E-state index contributed by atoms with van der Waals surface area (Å²) in [6, 6.07) is 7.83. The van der Waals surface area contributed by atoms with Gasteiger partial charge in [-0.1, -0.05) is 26.0 Å². The zero-order chi connectivity index (χ0) is 13.8. The van der Waals surface area contributed by atoms with Crippen LogP contribution in [0.15, 0.2) is 24.3 Å². The summed E-state index contributed by atoms with van der Waals surface area (Å²) in [5, 5.41) is 0. The maximum Gasteiger partial charge on any atom is 0.223 e. The van der Waals surface area contributed by atoms with Crippen molar-refractivity contribution < 1.29 is 4.74 Å². The maximum absolute atomic E-state index is 5.71. The van der Waals surface area contributed by atoms with Crippen LogP contribution in [0.3, 0.4) is 0 Å². The molecule has 0 aliphatic heterocycles. The van der Waals surface area contributed by atoms with Gasteiger partial charge in [0.15, 0.2) is 0 Å². The van der Waals surface area contributed by atoms with Crippen LogP contribution in [-0.2, 0) is 6.42 Å². The molecule has 5 heteroatoms. The first-order valence-corrected chi connectivity index (χ1v) is 6.21. The third-order valence-electron chi connectivity index (χ3n) is 2.75. The summed E-state index contributed by atoms with van der Waals surface area (Å²) >= 11 is 0. The molecule has 1 heterocycles. The van der Waals surface area contributed by atoms with E-state index in [9.17, 15) is 0 Å². The quantitative estimate of drug-likeness (QED) is 0.909. The number of rotatable bonds is 4. The Balaban J connectivity index is 2.22. The molecule has 0 bridgehead atoms. The van der Waals surface area contributed by atoms with Crippen molar-refractivity contribution in [3.8, 4) is 5.75 Å². The zero-order valence-electron chi connectivity index (χ0n) is 11.4. The molecule has 0 fully saturated rings. The number of nitrogens with two attached hydrogens (primary N) is 1. The number of anilines is 1. The normalized spacial score (nSPS) is 10.7. The molecule has 19 heavy (non-hydrogen) atoms. The van der Waals surface area contributed by atoms with Crippen LogP contribution in [-0.4, -0.2) is 22.1 Å². The molecule has 1 aromatic carbocycles. The zero-order valence-corrected chi connectivity index (χ0v) is 11.4. The van der Waals surface area contributed by atoms with E-state index in [1.807, 2.05) is 38.1 Å². The van der Waals surface area contributed by atoms with Gasteiger partial charge in [-0.25, -0.2) is 4.98 Å². The van der Waals surface area contributed by atoms with Crippen molar-refractivity contribution in [2.75, 3.05) is 12.8 Å². The fraction of sp³-hybridized carbons (Fsp3) is 0.357. The largest absolute Gasteiger partial charge is 0.497 e. The second kappa shape index (κ2) is 5.65. The molecular formula is C14H18N4O. The second-order valence-electron chi connectivity index (χ2n) is 4.65. The summed E-state index contributed by atoms with van der Waals surface area (Å²) in [5.74, 6) is 2.78. The number of hydrogen-bond acceptors (Lipinski definition) is 5. The number of ether oxygens (including phenoxy) is 1. The van der Waals surface area contributed by atoms with E-state index >= 15 is 0 Å². The highest BCUT2D eigenvalue weighted by molar-refractivity contribution is 5.29. The lowest BCUT2D eigenvalue weighted by Crippen LogP contribution is -2.08. The van der Waals surface area contributed by atoms with Gasteiger partial charge < -0.3 is 10.5 Å². The highest BCUT2D eigenvalue weighted by Crippen LogP contribution is 2.15. The number of methoxy groups -OCH3 is 1. The van der Waals surface area contributed by atoms with Crippen molar-refractivity contribution in [2.24, 2.45) is 0 Å². The SMILES string of the molecule is COc1ccc(Cc2nc(N)nc(C(C)C)n2)cc1. The molecule has 0 saturated carbocycles. The van der Waals surface area contributed by atoms with E-state index in [0.717, 1.165) is 17.1 Å². The number of aromatic nitrogens is 3. The first kappa shape index (κ1) is 13.3. The molecule has 0 radical (unpaired) electrons. The minimum absolute atomic E-state index is 0.236. The minimum atomic E-state index is 0.236. The molecule has 0 amide bonds. The molecule has 1 aromatic heterocycles. The summed E-state index contributed by atoms with van der Waals surface area (Å²) in [6.07, 6.45) is 0.635. The average molecular weight is 258 g/mol. The Kier molecular flexibility index (Phi) is 3.94. The Morgan fingerprint density at radius 3 is 2.37 bits per heavy atom. The predicted molar refractivity (Wildman–Crippen MR) is 74.1 cm³/mol. The average Bonchev–Trinajstić information content (AvgIpc) is 2.39. The van der Waals surface area contributed by atoms with E-state index in [1.54, 1.807) is 7.11 Å². The summed E-state index contributed by atoms with van der Waals surface area (Å²) in [4.78, 5) is 12.8. The van der Waals surface area contributed by atoms with Crippen LogP contribution in [0.4, 0.5) is 5.95 Å². The van der Waals surface area contributed by atoms with Gasteiger partial charge >= 0.3 is 0 Å². The van der Waals surface area contributed by atoms with E-state index in [2.05, 4.69) is 15.0 Å². The third-order valence-corrected chi connectivity index (χ3v) is 2.75. The van der Waals surface area contributed by atoms with Crippen LogP contribution < -0.4 is 10.5 Å². The van der Waals surface area contributed by atoms with Crippen LogP contribution in [0.2, 0.25) is 0 Å². The maximum atomic E-state index is 5.71. The first-order chi connectivity index (χ1) is 9.08. The minimum Gasteiger partial charge on any atom is -0.497 e. The van der Waals surface area contributed by atoms with Gasteiger partial charge in [-0.15, -0.1) is 0 Å². The molecule has 2 rings (SSSR count). The summed E-state index contributed by atoms with van der Waals surface area (Å²) < 4.78 is 5.13. The third kappa shape index (κ3) is 3.40. The monoisotopic (exact) mass is 258 g/mol. The molecule has 0 spiro atoms. The van der Waals surface area contributed by atoms with Crippen LogP contribution in [0.1, 0.15) is 37.0 Å². The first-order valence-electron chi connectivity index (χ1n) is 6.21. The molecule has 0 aliphatic rings. The molecule has 0 saturated heterocycles. The number of hydrogen-bond donors (Lipinski definition) is 1. The lowest BCUT2D eigenvalue weighted by molar-refractivity contribution is 0.414. The Hall–Kier alpha value is -2.17. The Bertz CT molecular complexity index is 552. The fourth-order valence-electron chi connectivity index (χ4n) is 1.72. The van der Waals surface area contributed by atoms with Crippen LogP contribution in [0, 0.1) is 0 Å².